The molecule has 1 aliphatic rings. The number of nitrogen functional groups attached to an aromatic ring is 1. The summed E-state index contributed by atoms with van der Waals surface area (Å²) in [6, 6.07) is 6.18. The van der Waals surface area contributed by atoms with Crippen LogP contribution in [0, 0.1) is 0 Å². The van der Waals surface area contributed by atoms with E-state index < -0.39 is 21.2 Å². The molecule has 9 heteroatoms. The molecule has 5 N–H and O–H groups in total. The van der Waals surface area contributed by atoms with Crippen molar-refractivity contribution in [1.82, 2.24) is 5.43 Å². The summed E-state index contributed by atoms with van der Waals surface area (Å²) in [5, 5.41) is 4.13. The topological polar surface area (TPSA) is 136 Å². The number of nitrogens with two attached hydrogens (primary N) is 2. The third-order valence-electron chi connectivity index (χ3n) is 3.11. The summed E-state index contributed by atoms with van der Waals surface area (Å²) < 4.78 is 22.6. The molecule has 0 spiro atoms. The highest BCUT2D eigenvalue weighted by Crippen LogP contribution is 2.24. The maximum Gasteiger partial charge on any atom is 0.265 e. The zero-order chi connectivity index (χ0) is 14.9. The van der Waals surface area contributed by atoms with Crippen molar-refractivity contribution in [2.45, 2.75) is 11.7 Å². The van der Waals surface area contributed by atoms with E-state index >= 15 is 0 Å². The molecule has 0 radical (unpaired) electrons. The van der Waals surface area contributed by atoms with Gasteiger partial charge in [-0.05, 0) is 18.2 Å². The Morgan fingerprint density at radius 3 is 2.65 bits per heavy atom. The lowest BCUT2D eigenvalue weighted by Gasteiger charge is -2.17. The Bertz CT molecular complexity index is 658. The molecule has 0 bridgehead atoms. The molecule has 108 valence electrons. The number of nitrogens with one attached hydrogen (secondary N) is 1. The van der Waals surface area contributed by atoms with Crippen LogP contribution in [0.2, 0.25) is 0 Å². The van der Waals surface area contributed by atoms with Crippen LogP contribution in [0.15, 0.2) is 24.3 Å². The summed E-state index contributed by atoms with van der Waals surface area (Å²) in [6.45, 7) is -0.0225. The van der Waals surface area contributed by atoms with Gasteiger partial charge in [-0.1, -0.05) is 6.07 Å². The Balaban J connectivity index is 2.29. The van der Waals surface area contributed by atoms with Crippen molar-refractivity contribution < 1.29 is 18.0 Å². The molecule has 20 heavy (non-hydrogen) atoms. The van der Waals surface area contributed by atoms with Crippen LogP contribution in [0.1, 0.15) is 16.8 Å². The van der Waals surface area contributed by atoms with Crippen molar-refractivity contribution in [1.29, 1.82) is 0 Å². The maximum atomic E-state index is 11.9. The summed E-state index contributed by atoms with van der Waals surface area (Å²) in [6.07, 6.45) is -0.161. The van der Waals surface area contributed by atoms with Gasteiger partial charge in [0.25, 0.3) is 5.91 Å². The number of carbonyl (C=O) groups excluding carboxylic acids is 2. The zero-order valence-electron chi connectivity index (χ0n) is 10.4. The first-order valence-corrected chi connectivity index (χ1v) is 7.37. The highest BCUT2D eigenvalue weighted by atomic mass is 32.2. The van der Waals surface area contributed by atoms with Crippen LogP contribution in [0.3, 0.4) is 0 Å². The van der Waals surface area contributed by atoms with E-state index in [-0.39, 0.29) is 24.4 Å². The van der Waals surface area contributed by atoms with Gasteiger partial charge in [-0.25, -0.2) is 19.4 Å². The minimum Gasteiger partial charge on any atom is -0.311 e. The molecule has 0 aromatic heterocycles. The quantitative estimate of drug-likeness (QED) is 0.361. The van der Waals surface area contributed by atoms with Crippen LogP contribution in [-0.4, -0.2) is 32.0 Å². The minimum absolute atomic E-state index is 0.0225. The summed E-state index contributed by atoms with van der Waals surface area (Å²) in [7, 11) is -3.77. The molecule has 8 nitrogen and oxygen atoms in total. The molecule has 1 aliphatic heterocycles. The standard InChI is InChI=1S/C11H14N4O4S/c12-14-11(17)7-2-1-3-8(4-7)15-6-9(5-10(15)16)20(13,18)19/h1-4,9H,5-6,12H2,(H,14,17)(H2,13,18,19). The van der Waals surface area contributed by atoms with Crippen molar-refractivity contribution in [2.75, 3.05) is 11.4 Å². The van der Waals surface area contributed by atoms with Crippen LogP contribution in [0.5, 0.6) is 0 Å². The Hall–Kier alpha value is -1.97. The second-order valence-corrected chi connectivity index (χ2v) is 6.29. The van der Waals surface area contributed by atoms with Crippen molar-refractivity contribution >= 4 is 27.5 Å². The number of hydrogen-bond acceptors (Lipinski definition) is 5. The maximum absolute atomic E-state index is 11.9. The number of sulfonamides is 1. The summed E-state index contributed by atoms with van der Waals surface area (Å²) in [5.41, 5.74) is 2.69. The fourth-order valence-corrected chi connectivity index (χ4v) is 2.77. The van der Waals surface area contributed by atoms with Gasteiger partial charge < -0.3 is 4.90 Å². The zero-order valence-corrected chi connectivity index (χ0v) is 11.3. The van der Waals surface area contributed by atoms with E-state index in [0.717, 1.165) is 0 Å². The Morgan fingerprint density at radius 1 is 1.40 bits per heavy atom. The van der Waals surface area contributed by atoms with Crippen molar-refractivity contribution in [3.05, 3.63) is 29.8 Å². The lowest BCUT2D eigenvalue weighted by Crippen LogP contribution is -2.32. The molecule has 1 heterocycles. The second kappa shape index (κ2) is 5.19. The van der Waals surface area contributed by atoms with Gasteiger partial charge in [0.1, 0.15) is 5.25 Å². The lowest BCUT2D eigenvalue weighted by atomic mass is 10.2. The molecule has 0 saturated carbocycles. The van der Waals surface area contributed by atoms with E-state index in [1.165, 1.54) is 17.0 Å². The Kier molecular flexibility index (Phi) is 3.75. The van der Waals surface area contributed by atoms with E-state index in [9.17, 15) is 18.0 Å². The first-order valence-electron chi connectivity index (χ1n) is 5.76. The largest absolute Gasteiger partial charge is 0.311 e. The molecule has 1 saturated heterocycles. The van der Waals surface area contributed by atoms with Gasteiger partial charge in [-0.15, -0.1) is 0 Å². The molecule has 2 rings (SSSR count). The van der Waals surface area contributed by atoms with Crippen molar-refractivity contribution in [3.63, 3.8) is 0 Å². The van der Waals surface area contributed by atoms with Gasteiger partial charge in [0.05, 0.1) is 0 Å². The summed E-state index contributed by atoms with van der Waals surface area (Å²) in [4.78, 5) is 24.6. The molecule has 2 amide bonds. The minimum atomic E-state index is -3.77. The molecule has 1 atom stereocenters. The molecule has 0 aliphatic carbocycles. The van der Waals surface area contributed by atoms with E-state index in [1.54, 1.807) is 12.1 Å². The van der Waals surface area contributed by atoms with E-state index in [0.29, 0.717) is 5.69 Å². The van der Waals surface area contributed by atoms with Crippen LogP contribution in [0.4, 0.5) is 5.69 Å². The first-order chi connectivity index (χ1) is 9.32. The fraction of sp³-hybridized carbons (Fsp3) is 0.273. The number of anilines is 1. The second-order valence-electron chi connectivity index (χ2n) is 4.44. The van der Waals surface area contributed by atoms with Gasteiger partial charge in [0, 0.05) is 24.2 Å². The number of primary sulfonamides is 1. The fourth-order valence-electron chi connectivity index (χ4n) is 2.04. The molecular formula is C11H14N4O4S. The van der Waals surface area contributed by atoms with E-state index in [1.807, 2.05) is 5.43 Å². The molecular weight excluding hydrogens is 284 g/mol. The van der Waals surface area contributed by atoms with Gasteiger partial charge in [-0.3, -0.25) is 15.0 Å². The number of hydrogen-bond donors (Lipinski definition) is 3. The lowest BCUT2D eigenvalue weighted by molar-refractivity contribution is -0.117. The SMILES string of the molecule is NNC(=O)c1cccc(N2CC(S(N)(=O)=O)CC2=O)c1. The van der Waals surface area contributed by atoms with E-state index in [2.05, 4.69) is 0 Å². The number of rotatable bonds is 3. The average molecular weight is 298 g/mol. The number of carbonyl (C=O) groups is 2. The highest BCUT2D eigenvalue weighted by molar-refractivity contribution is 7.89. The first kappa shape index (κ1) is 14.4. The molecule has 1 fully saturated rings. The van der Waals surface area contributed by atoms with Crippen molar-refractivity contribution in [3.8, 4) is 0 Å². The smallest absolute Gasteiger partial charge is 0.265 e. The van der Waals surface area contributed by atoms with Crippen LogP contribution >= 0.6 is 0 Å². The van der Waals surface area contributed by atoms with E-state index in [4.69, 9.17) is 11.0 Å². The monoisotopic (exact) mass is 298 g/mol. The van der Waals surface area contributed by atoms with Gasteiger partial charge in [0.2, 0.25) is 15.9 Å². The van der Waals surface area contributed by atoms with Gasteiger partial charge in [0.15, 0.2) is 0 Å². The number of nitrogens with zero attached hydrogens (tertiary/aromatic N) is 1. The Labute approximate surface area is 115 Å². The number of hydrazine groups is 1. The summed E-state index contributed by atoms with van der Waals surface area (Å²) in [5.74, 6) is 4.19. The van der Waals surface area contributed by atoms with Crippen molar-refractivity contribution in [2.24, 2.45) is 11.0 Å². The normalized spacial score (nSPS) is 19.2. The third-order valence-corrected chi connectivity index (χ3v) is 4.35. The van der Waals surface area contributed by atoms with Crippen LogP contribution in [0.25, 0.3) is 0 Å². The number of amides is 2. The number of benzene rings is 1. The van der Waals surface area contributed by atoms with Gasteiger partial charge >= 0.3 is 0 Å². The predicted molar refractivity (Wildman–Crippen MR) is 72.0 cm³/mol. The highest BCUT2D eigenvalue weighted by Gasteiger charge is 2.37. The summed E-state index contributed by atoms with van der Waals surface area (Å²) >= 11 is 0. The average Bonchev–Trinajstić information content (AvgIpc) is 2.80. The predicted octanol–water partition coefficient (Wildman–Crippen LogP) is -1.32. The molecule has 1 unspecified atom stereocenters. The van der Waals surface area contributed by atoms with Gasteiger partial charge in [-0.2, -0.15) is 0 Å². The third kappa shape index (κ3) is 2.79. The van der Waals surface area contributed by atoms with Crippen LogP contribution < -0.4 is 21.3 Å². The Morgan fingerprint density at radius 2 is 2.10 bits per heavy atom. The van der Waals surface area contributed by atoms with Crippen LogP contribution in [-0.2, 0) is 14.8 Å². The molecule has 1 aromatic carbocycles. The molecule has 1 aromatic rings.